The van der Waals surface area contributed by atoms with Crippen LogP contribution in [0.1, 0.15) is 11.8 Å². The highest BCUT2D eigenvalue weighted by molar-refractivity contribution is 5.35. The summed E-state index contributed by atoms with van der Waals surface area (Å²) in [6.45, 7) is 1.77. The lowest BCUT2D eigenvalue weighted by Gasteiger charge is -2.20. The van der Waals surface area contributed by atoms with E-state index in [0.717, 1.165) is 24.5 Å². The fourth-order valence-electron chi connectivity index (χ4n) is 1.75. The molecule has 0 aromatic heterocycles. The zero-order valence-corrected chi connectivity index (χ0v) is 8.56. The van der Waals surface area contributed by atoms with Crippen LogP contribution in [0.25, 0.3) is 0 Å². The number of nitrogens with zero attached hydrogens (tertiary/aromatic N) is 1. The van der Waals surface area contributed by atoms with E-state index in [9.17, 15) is 0 Å². The fourth-order valence-corrected chi connectivity index (χ4v) is 1.75. The summed E-state index contributed by atoms with van der Waals surface area (Å²) in [6.07, 6.45) is 0.0474. The van der Waals surface area contributed by atoms with Gasteiger partial charge in [-0.15, -0.1) is 0 Å². The predicted molar refractivity (Wildman–Crippen MR) is 54.3 cm³/mol. The highest BCUT2D eigenvalue weighted by Crippen LogP contribution is 2.31. The number of methoxy groups -OCH3 is 1. The van der Waals surface area contributed by atoms with Gasteiger partial charge in [0.25, 0.3) is 0 Å². The molecule has 14 heavy (non-hydrogen) atoms. The zero-order valence-electron chi connectivity index (χ0n) is 8.56. The van der Waals surface area contributed by atoms with Gasteiger partial charge in [0.15, 0.2) is 0 Å². The molecule has 1 atom stereocenters. The summed E-state index contributed by atoms with van der Waals surface area (Å²) in [4.78, 5) is 2.18. The third-order valence-corrected chi connectivity index (χ3v) is 2.53. The fraction of sp³-hybridized carbons (Fsp3) is 0.455. The Morgan fingerprint density at radius 2 is 2.21 bits per heavy atom. The first kappa shape index (κ1) is 9.49. The first-order chi connectivity index (χ1) is 6.83. The first-order valence-corrected chi connectivity index (χ1v) is 4.77. The molecule has 76 valence electrons. The van der Waals surface area contributed by atoms with E-state index in [2.05, 4.69) is 11.9 Å². The molecule has 2 rings (SSSR count). The van der Waals surface area contributed by atoms with Gasteiger partial charge in [0.05, 0.1) is 13.7 Å². The summed E-state index contributed by atoms with van der Waals surface area (Å²) >= 11 is 0. The van der Waals surface area contributed by atoms with E-state index in [-0.39, 0.29) is 6.23 Å². The smallest absolute Gasteiger partial charge is 0.140 e. The lowest BCUT2D eigenvalue weighted by molar-refractivity contribution is 0.0433. The van der Waals surface area contributed by atoms with Crippen LogP contribution in [0, 0.1) is 0 Å². The zero-order chi connectivity index (χ0) is 9.97. The molecule has 1 saturated heterocycles. The number of likely N-dealkylation sites (N-methyl/N-ethyl adjacent to an activating group) is 1. The molecule has 1 aromatic rings. The molecule has 0 N–H and O–H groups in total. The van der Waals surface area contributed by atoms with Crippen molar-refractivity contribution < 1.29 is 9.47 Å². The molecule has 0 saturated carbocycles. The Morgan fingerprint density at radius 3 is 2.86 bits per heavy atom. The monoisotopic (exact) mass is 193 g/mol. The molecule has 1 aliphatic heterocycles. The van der Waals surface area contributed by atoms with E-state index in [0.29, 0.717) is 0 Å². The predicted octanol–water partition coefficient (Wildman–Crippen LogP) is 1.66. The van der Waals surface area contributed by atoms with Crippen LogP contribution in [0.3, 0.4) is 0 Å². The second-order valence-corrected chi connectivity index (χ2v) is 3.45. The van der Waals surface area contributed by atoms with E-state index in [1.807, 2.05) is 24.3 Å². The van der Waals surface area contributed by atoms with Gasteiger partial charge in [0.2, 0.25) is 0 Å². The average molecular weight is 193 g/mol. The molecular formula is C11H15NO2. The van der Waals surface area contributed by atoms with Crippen LogP contribution in [0.4, 0.5) is 0 Å². The van der Waals surface area contributed by atoms with Gasteiger partial charge in [0.1, 0.15) is 12.0 Å². The number of hydrogen-bond acceptors (Lipinski definition) is 3. The molecule has 3 heteroatoms. The van der Waals surface area contributed by atoms with Crippen molar-refractivity contribution in [3.05, 3.63) is 29.8 Å². The van der Waals surface area contributed by atoms with E-state index >= 15 is 0 Å². The van der Waals surface area contributed by atoms with Crippen molar-refractivity contribution in [3.63, 3.8) is 0 Å². The van der Waals surface area contributed by atoms with Crippen LogP contribution in [-0.4, -0.2) is 32.2 Å². The maximum absolute atomic E-state index is 5.64. The molecule has 3 nitrogen and oxygen atoms in total. The third-order valence-electron chi connectivity index (χ3n) is 2.53. The second-order valence-electron chi connectivity index (χ2n) is 3.45. The van der Waals surface area contributed by atoms with Crippen LogP contribution in [0.5, 0.6) is 5.75 Å². The average Bonchev–Trinajstić information content (AvgIpc) is 2.64. The van der Waals surface area contributed by atoms with Crippen LogP contribution in [0.2, 0.25) is 0 Å². The van der Waals surface area contributed by atoms with Crippen LogP contribution >= 0.6 is 0 Å². The molecule has 0 bridgehead atoms. The van der Waals surface area contributed by atoms with Gasteiger partial charge in [-0.05, 0) is 13.1 Å². The molecule has 0 radical (unpaired) electrons. The Balaban J connectivity index is 2.30. The number of para-hydroxylation sites is 1. The standard InChI is InChI=1S/C11H15NO2/c1-12-7-8-14-11(12)9-5-3-4-6-10(9)13-2/h3-6,11H,7-8H2,1-2H3. The SMILES string of the molecule is COc1ccccc1C1OCCN1C. The number of rotatable bonds is 2. The van der Waals surface area contributed by atoms with E-state index in [4.69, 9.17) is 9.47 Å². The summed E-state index contributed by atoms with van der Waals surface area (Å²) < 4.78 is 10.9. The van der Waals surface area contributed by atoms with Crippen molar-refractivity contribution in [1.82, 2.24) is 4.90 Å². The minimum absolute atomic E-state index is 0.0474. The van der Waals surface area contributed by atoms with E-state index in [1.165, 1.54) is 0 Å². The van der Waals surface area contributed by atoms with Crippen molar-refractivity contribution in [2.45, 2.75) is 6.23 Å². The minimum atomic E-state index is 0.0474. The number of benzene rings is 1. The lowest BCUT2D eigenvalue weighted by Crippen LogP contribution is -2.18. The molecule has 1 heterocycles. The number of ether oxygens (including phenoxy) is 2. The molecule has 1 aromatic carbocycles. The third kappa shape index (κ3) is 1.61. The Hall–Kier alpha value is -1.06. The van der Waals surface area contributed by atoms with Gasteiger partial charge in [0, 0.05) is 12.1 Å². The van der Waals surface area contributed by atoms with Crippen molar-refractivity contribution >= 4 is 0 Å². The Morgan fingerprint density at radius 1 is 1.43 bits per heavy atom. The molecule has 0 aliphatic carbocycles. The second kappa shape index (κ2) is 3.98. The Labute approximate surface area is 84.2 Å². The van der Waals surface area contributed by atoms with Gasteiger partial charge in [-0.2, -0.15) is 0 Å². The summed E-state index contributed by atoms with van der Waals surface area (Å²) in [5, 5.41) is 0. The Bertz CT molecular complexity index is 314. The molecule has 0 amide bonds. The summed E-state index contributed by atoms with van der Waals surface area (Å²) in [6, 6.07) is 7.99. The maximum atomic E-state index is 5.64. The van der Waals surface area contributed by atoms with Crippen molar-refractivity contribution in [2.24, 2.45) is 0 Å². The maximum Gasteiger partial charge on any atom is 0.140 e. The summed E-state index contributed by atoms with van der Waals surface area (Å²) in [7, 11) is 3.75. The minimum Gasteiger partial charge on any atom is -0.496 e. The quantitative estimate of drug-likeness (QED) is 0.713. The van der Waals surface area contributed by atoms with Gasteiger partial charge < -0.3 is 9.47 Å². The lowest BCUT2D eigenvalue weighted by atomic mass is 10.1. The molecule has 0 spiro atoms. The Kier molecular flexibility index (Phi) is 2.70. The van der Waals surface area contributed by atoms with Gasteiger partial charge in [-0.1, -0.05) is 18.2 Å². The van der Waals surface area contributed by atoms with Crippen LogP contribution in [0.15, 0.2) is 24.3 Å². The summed E-state index contributed by atoms with van der Waals surface area (Å²) in [5.74, 6) is 0.895. The highest BCUT2D eigenvalue weighted by Gasteiger charge is 2.25. The van der Waals surface area contributed by atoms with Crippen LogP contribution in [-0.2, 0) is 4.74 Å². The van der Waals surface area contributed by atoms with E-state index in [1.54, 1.807) is 7.11 Å². The topological polar surface area (TPSA) is 21.7 Å². The summed E-state index contributed by atoms with van der Waals surface area (Å²) in [5.41, 5.74) is 1.11. The van der Waals surface area contributed by atoms with Crippen molar-refractivity contribution in [3.8, 4) is 5.75 Å². The van der Waals surface area contributed by atoms with E-state index < -0.39 is 0 Å². The first-order valence-electron chi connectivity index (χ1n) is 4.77. The van der Waals surface area contributed by atoms with Crippen molar-refractivity contribution in [1.29, 1.82) is 0 Å². The number of hydrogen-bond donors (Lipinski definition) is 0. The van der Waals surface area contributed by atoms with Gasteiger partial charge >= 0.3 is 0 Å². The normalized spacial score (nSPS) is 22.6. The molecule has 1 unspecified atom stereocenters. The van der Waals surface area contributed by atoms with Gasteiger partial charge in [-0.3, -0.25) is 4.90 Å². The highest BCUT2D eigenvalue weighted by atomic mass is 16.5. The molecular weight excluding hydrogens is 178 g/mol. The molecule has 1 fully saturated rings. The largest absolute Gasteiger partial charge is 0.496 e. The van der Waals surface area contributed by atoms with Crippen molar-refractivity contribution in [2.75, 3.05) is 27.3 Å². The molecule has 1 aliphatic rings. The van der Waals surface area contributed by atoms with Crippen LogP contribution < -0.4 is 4.74 Å². The van der Waals surface area contributed by atoms with Gasteiger partial charge in [-0.25, -0.2) is 0 Å².